The molecule has 0 spiro atoms. The third-order valence-corrected chi connectivity index (χ3v) is 21.0. The number of aliphatic hydroxyl groups excluding tert-OH is 2. The molecule has 586 valence electrons. The van der Waals surface area contributed by atoms with Crippen molar-refractivity contribution in [3.05, 3.63) is 59.7 Å². The number of phenols is 2. The third-order valence-electron chi connectivity index (χ3n) is 17.3. The van der Waals surface area contributed by atoms with Crippen molar-refractivity contribution in [2.45, 2.75) is 195 Å². The molecule has 3 heterocycles. The molecule has 21 N–H and O–H groups in total. The standard InChI is InChI=1S/C67H99N15O20S4/c1-33(2)27-44(74-55(89)40-9-7-23-70-40)59(93)73-42(21-25-103-5)57(91)78-48-31-105-106-32-49(67(101)102)79-58(92)43(22-26-104-6)72-56(90)41(19-20-51(68)87)71-60(94)46(29-37-13-17-39(86)18-14-37)76-64(98)53(34(3)83)81-65(99)54(35(4)84)80-63(97)50-10-8-24-82(50)66(100)47(30-52(69)88)77-61(95)45(75-62(48)96)28-36-11-15-38(85)16-12-36/h11-18,33-35,40-50,53-54,70,83-86H,7-10,19-32H2,1-6H3,(H2,68,87)(H2,69,88)(H,71,94)(H,72,90)(H,73,93)(H,74,89)(H,75,96)(H,76,98)(H,77,95)(H,78,91)(H,79,92)(H,80,97)(H,81,99)(H,101,102)/t34-,35-,40+,41+,42+,43+,44+,45+,46+,47+,48+,49+,50+,53+,54+/m1/s1. The lowest BCUT2D eigenvalue weighted by molar-refractivity contribution is -0.144. The summed E-state index contributed by atoms with van der Waals surface area (Å²) in [6.45, 7) is 6.23. The van der Waals surface area contributed by atoms with E-state index in [2.05, 4.69) is 63.8 Å². The number of nitrogens with one attached hydrogen (secondary N) is 12. The fraction of sp³-hybridized carbons (Fsp3) is 0.597. The lowest BCUT2D eigenvalue weighted by Gasteiger charge is -2.31. The van der Waals surface area contributed by atoms with E-state index in [1.165, 1.54) is 72.1 Å². The molecule has 14 amide bonds. The van der Waals surface area contributed by atoms with Crippen LogP contribution in [-0.2, 0) is 84.8 Å². The van der Waals surface area contributed by atoms with Gasteiger partial charge in [-0.1, -0.05) is 59.7 Å². The number of nitrogens with two attached hydrogens (primary N) is 2. The predicted octanol–water partition coefficient (Wildman–Crippen LogP) is -4.11. The number of amides is 14. The van der Waals surface area contributed by atoms with E-state index in [-0.39, 0.29) is 67.6 Å². The van der Waals surface area contributed by atoms with Crippen LogP contribution in [0.5, 0.6) is 11.5 Å². The minimum Gasteiger partial charge on any atom is -0.508 e. The van der Waals surface area contributed by atoms with Crippen molar-refractivity contribution < 1.29 is 97.5 Å². The van der Waals surface area contributed by atoms with Crippen LogP contribution < -0.4 is 75.3 Å². The number of fused-ring (bicyclic) bond motifs is 1. The molecular formula is C67H99N15O20S4. The van der Waals surface area contributed by atoms with E-state index in [1.54, 1.807) is 12.5 Å². The van der Waals surface area contributed by atoms with Gasteiger partial charge in [0, 0.05) is 37.3 Å². The lowest BCUT2D eigenvalue weighted by atomic mass is 10.0. The summed E-state index contributed by atoms with van der Waals surface area (Å²) in [5, 5.41) is 83.8. The number of phenolic OH excluding ortho intramolecular Hbond substituents is 2. The summed E-state index contributed by atoms with van der Waals surface area (Å²) in [4.78, 5) is 213. The molecule has 3 saturated heterocycles. The molecule has 3 aliphatic heterocycles. The summed E-state index contributed by atoms with van der Waals surface area (Å²) >= 11 is 2.56. The monoisotopic (exact) mass is 1560 g/mol. The Balaban J connectivity index is 1.62. The Morgan fingerprint density at radius 1 is 0.566 bits per heavy atom. The highest BCUT2D eigenvalue weighted by Gasteiger charge is 2.43. The Morgan fingerprint density at radius 3 is 1.59 bits per heavy atom. The lowest BCUT2D eigenvalue weighted by Crippen LogP contribution is -2.63. The number of hydrogen-bond donors (Lipinski definition) is 19. The quantitative estimate of drug-likeness (QED) is 0.0398. The average Bonchev–Trinajstić information content (AvgIpc) is 1.63. The van der Waals surface area contributed by atoms with E-state index in [0.717, 1.165) is 46.8 Å². The van der Waals surface area contributed by atoms with Gasteiger partial charge in [0.05, 0.1) is 24.7 Å². The molecule has 106 heavy (non-hydrogen) atoms. The number of carbonyl (C=O) groups excluding carboxylic acids is 14. The summed E-state index contributed by atoms with van der Waals surface area (Å²) < 4.78 is 0. The maximum atomic E-state index is 15.1. The number of aliphatic hydroxyl groups is 2. The van der Waals surface area contributed by atoms with Crippen LogP contribution in [0.25, 0.3) is 0 Å². The van der Waals surface area contributed by atoms with Gasteiger partial charge in [-0.25, -0.2) is 4.79 Å². The molecule has 0 aliphatic carbocycles. The molecule has 39 heteroatoms. The molecule has 0 bridgehead atoms. The van der Waals surface area contributed by atoms with Crippen LogP contribution in [-0.4, -0.2) is 258 Å². The summed E-state index contributed by atoms with van der Waals surface area (Å²) in [7, 11) is 1.60. The van der Waals surface area contributed by atoms with Gasteiger partial charge in [-0.15, -0.1) is 0 Å². The molecule has 0 saturated carbocycles. The predicted molar refractivity (Wildman–Crippen MR) is 394 cm³/mol. The molecule has 15 atom stereocenters. The fourth-order valence-corrected chi connectivity index (χ4v) is 14.8. The van der Waals surface area contributed by atoms with Crippen molar-refractivity contribution in [1.82, 2.24) is 68.7 Å². The molecule has 35 nitrogen and oxygen atoms in total. The topological polar surface area (TPSA) is 557 Å². The molecule has 2 aromatic carbocycles. The van der Waals surface area contributed by atoms with Crippen LogP contribution in [0.2, 0.25) is 0 Å². The Hall–Kier alpha value is -8.63. The van der Waals surface area contributed by atoms with Gasteiger partial charge in [0.1, 0.15) is 84.0 Å². The van der Waals surface area contributed by atoms with Gasteiger partial charge in [-0.05, 0) is 137 Å². The van der Waals surface area contributed by atoms with Crippen molar-refractivity contribution in [1.29, 1.82) is 0 Å². The zero-order valence-corrected chi connectivity index (χ0v) is 62.9. The van der Waals surface area contributed by atoms with Crippen LogP contribution in [0.3, 0.4) is 0 Å². The van der Waals surface area contributed by atoms with E-state index in [0.29, 0.717) is 24.1 Å². The number of thioether (sulfide) groups is 2. The first kappa shape index (κ1) is 88.0. The minimum atomic E-state index is -1.99. The highest BCUT2D eigenvalue weighted by atomic mass is 33.1. The van der Waals surface area contributed by atoms with Crippen LogP contribution in [0, 0.1) is 5.92 Å². The number of carbonyl (C=O) groups is 15. The highest BCUT2D eigenvalue weighted by molar-refractivity contribution is 8.76. The van der Waals surface area contributed by atoms with Crippen molar-refractivity contribution in [2.75, 3.05) is 48.6 Å². The number of carboxylic acids is 1. The van der Waals surface area contributed by atoms with E-state index in [9.17, 15) is 92.7 Å². The van der Waals surface area contributed by atoms with Gasteiger partial charge in [-0.3, -0.25) is 67.1 Å². The number of carboxylic acid groups (broad SMARTS) is 1. The summed E-state index contributed by atoms with van der Waals surface area (Å²) in [6, 6.07) is -9.92. The van der Waals surface area contributed by atoms with E-state index >= 15 is 4.79 Å². The van der Waals surface area contributed by atoms with Gasteiger partial charge >= 0.3 is 5.97 Å². The minimum absolute atomic E-state index is 0.0215. The molecule has 3 aliphatic rings. The zero-order valence-electron chi connectivity index (χ0n) is 59.7. The number of hydrogen-bond acceptors (Lipinski definition) is 24. The maximum Gasteiger partial charge on any atom is 0.327 e. The number of rotatable bonds is 26. The number of aliphatic carboxylic acids is 1. The second-order valence-corrected chi connectivity index (χ2v) is 30.9. The van der Waals surface area contributed by atoms with E-state index < -0.39 is 223 Å². The number of nitrogens with zero attached hydrogens (tertiary/aromatic N) is 1. The molecule has 2 aromatic rings. The third kappa shape index (κ3) is 28.6. The molecule has 0 unspecified atom stereocenters. The molecule has 0 aromatic heterocycles. The number of primary amides is 2. The summed E-state index contributed by atoms with van der Waals surface area (Å²) in [5.41, 5.74) is 11.8. The van der Waals surface area contributed by atoms with Gasteiger partial charge < -0.3 is 106 Å². The molecule has 0 radical (unpaired) electrons. The Labute approximate surface area is 629 Å². The van der Waals surface area contributed by atoms with Gasteiger partial charge in [0.25, 0.3) is 0 Å². The van der Waals surface area contributed by atoms with E-state index in [1.807, 2.05) is 13.8 Å². The van der Waals surface area contributed by atoms with Crippen LogP contribution in [0.1, 0.15) is 103 Å². The first-order valence-electron chi connectivity index (χ1n) is 34.5. The van der Waals surface area contributed by atoms with Crippen molar-refractivity contribution in [3.63, 3.8) is 0 Å². The smallest absolute Gasteiger partial charge is 0.327 e. The van der Waals surface area contributed by atoms with Gasteiger partial charge in [0.15, 0.2) is 0 Å². The zero-order chi connectivity index (χ0) is 78.5. The first-order valence-corrected chi connectivity index (χ1v) is 39.8. The van der Waals surface area contributed by atoms with Crippen LogP contribution >= 0.6 is 45.1 Å². The Morgan fingerprint density at radius 2 is 1.08 bits per heavy atom. The summed E-state index contributed by atoms with van der Waals surface area (Å²) in [5.74, 6) is -16.8. The molecule has 3 fully saturated rings. The second kappa shape index (κ2) is 43.9. The highest BCUT2D eigenvalue weighted by Crippen LogP contribution is 2.25. The fourth-order valence-electron chi connectivity index (χ4n) is 11.6. The Bertz CT molecular complexity index is 3410. The summed E-state index contributed by atoms with van der Waals surface area (Å²) in [6.07, 6.45) is -1.67. The maximum absolute atomic E-state index is 15.1. The van der Waals surface area contributed by atoms with Crippen molar-refractivity contribution >= 4 is 134 Å². The first-order chi connectivity index (χ1) is 50.2. The van der Waals surface area contributed by atoms with Crippen molar-refractivity contribution in [2.24, 2.45) is 17.4 Å². The van der Waals surface area contributed by atoms with Gasteiger partial charge in [0.2, 0.25) is 82.7 Å². The average molecular weight is 1560 g/mol. The largest absolute Gasteiger partial charge is 0.508 e. The van der Waals surface area contributed by atoms with E-state index in [4.69, 9.17) is 11.5 Å². The second-order valence-electron chi connectivity index (χ2n) is 26.4. The molecular weight excluding hydrogens is 1460 g/mol. The molecule has 5 rings (SSSR count). The Kier molecular flexibility index (Phi) is 36.4. The number of aromatic hydroxyl groups is 2. The SMILES string of the molecule is CSCC[C@@H]1NC(=O)[C@H](CCC(N)=O)NC(=O)[C@H](Cc2ccc(O)cc2)NC(=O)[C@H]([C@@H](C)O)NC(=O)[C@H]([C@@H](C)O)NC(=O)[C@@H]2CCCN2C(=O)[C@H](CC(N)=O)NC(=O)[C@H](Cc2ccc(O)cc2)NC(=O)[C@@H](NC(=O)[C@H](CCSC)NC(=O)[C@H](CC(C)C)NC(=O)[C@@H]2CCCN2)CSSC[C@@H](C(=O)O)NC1=O. The normalized spacial score (nSPS) is 25.1. The van der Waals surface area contributed by atoms with Crippen LogP contribution in [0.4, 0.5) is 0 Å². The van der Waals surface area contributed by atoms with Gasteiger partial charge in [-0.2, -0.15) is 23.5 Å². The van der Waals surface area contributed by atoms with Crippen LogP contribution in [0.15, 0.2) is 48.5 Å². The number of benzene rings is 2. The van der Waals surface area contributed by atoms with Crippen molar-refractivity contribution in [3.8, 4) is 11.5 Å².